The molecule has 3 aromatic rings. The molecule has 3 rings (SSSR count). The molecule has 0 aliphatic rings. The highest BCUT2D eigenvalue weighted by molar-refractivity contribution is 5.88. The molecule has 0 spiro atoms. The highest BCUT2D eigenvalue weighted by atomic mass is 16.1. The summed E-state index contributed by atoms with van der Waals surface area (Å²) in [4.78, 5) is 24.0. The van der Waals surface area contributed by atoms with Gasteiger partial charge in [0.05, 0.1) is 0 Å². The molecule has 7 heteroatoms. The summed E-state index contributed by atoms with van der Waals surface area (Å²) in [6.45, 7) is 3.96. The first-order valence-electron chi connectivity index (χ1n) is 8.21. The van der Waals surface area contributed by atoms with E-state index in [1.807, 2.05) is 55.6 Å². The zero-order valence-corrected chi connectivity index (χ0v) is 14.7. The van der Waals surface area contributed by atoms with Gasteiger partial charge in [-0.15, -0.1) is 0 Å². The molecule has 2 aromatic heterocycles. The second kappa shape index (κ2) is 8.06. The van der Waals surface area contributed by atoms with Crippen molar-refractivity contribution in [3.05, 3.63) is 66.2 Å². The zero-order chi connectivity index (χ0) is 18.4. The van der Waals surface area contributed by atoms with Gasteiger partial charge in [0.15, 0.2) is 0 Å². The molecule has 0 unspecified atom stereocenters. The highest BCUT2D eigenvalue weighted by Crippen LogP contribution is 2.20. The molecule has 2 heterocycles. The molecular weight excluding hydrogens is 328 g/mol. The first kappa shape index (κ1) is 17.3. The molecule has 1 aromatic carbocycles. The maximum Gasteiger partial charge on any atom is 0.221 e. The third-order valence-corrected chi connectivity index (χ3v) is 3.51. The highest BCUT2D eigenvalue weighted by Gasteiger charge is 2.04. The number of hydrogen-bond acceptors (Lipinski definition) is 6. The largest absolute Gasteiger partial charge is 0.366 e. The van der Waals surface area contributed by atoms with Crippen LogP contribution in [0.25, 0.3) is 0 Å². The van der Waals surface area contributed by atoms with E-state index in [1.54, 1.807) is 6.20 Å². The zero-order valence-electron chi connectivity index (χ0n) is 14.7. The number of benzene rings is 1. The van der Waals surface area contributed by atoms with Crippen molar-refractivity contribution in [3.8, 4) is 0 Å². The van der Waals surface area contributed by atoms with E-state index in [1.165, 1.54) is 6.92 Å². The molecule has 132 valence electrons. The van der Waals surface area contributed by atoms with Crippen molar-refractivity contribution in [1.29, 1.82) is 0 Å². The summed E-state index contributed by atoms with van der Waals surface area (Å²) in [5.74, 6) is 2.00. The fraction of sp³-hybridized carbons (Fsp3) is 0.158. The number of aryl methyl sites for hydroxylation is 1. The Kier molecular flexibility index (Phi) is 5.38. The Labute approximate surface area is 151 Å². The molecule has 3 N–H and O–H groups in total. The van der Waals surface area contributed by atoms with Crippen LogP contribution in [0.1, 0.15) is 18.3 Å². The van der Waals surface area contributed by atoms with Gasteiger partial charge in [-0.2, -0.15) is 0 Å². The molecule has 0 aliphatic heterocycles. The number of hydrogen-bond donors (Lipinski definition) is 3. The number of rotatable bonds is 6. The Morgan fingerprint density at radius 2 is 1.77 bits per heavy atom. The third kappa shape index (κ3) is 5.01. The monoisotopic (exact) mass is 348 g/mol. The van der Waals surface area contributed by atoms with E-state index in [9.17, 15) is 4.79 Å². The van der Waals surface area contributed by atoms with E-state index in [0.29, 0.717) is 18.2 Å². The lowest BCUT2D eigenvalue weighted by Gasteiger charge is -2.11. The molecular formula is C19H20N6O. The van der Waals surface area contributed by atoms with Crippen LogP contribution in [0.3, 0.4) is 0 Å². The summed E-state index contributed by atoms with van der Waals surface area (Å²) in [5.41, 5.74) is 2.70. The van der Waals surface area contributed by atoms with Gasteiger partial charge in [-0.1, -0.05) is 6.07 Å². The van der Waals surface area contributed by atoms with E-state index in [0.717, 1.165) is 22.8 Å². The summed E-state index contributed by atoms with van der Waals surface area (Å²) < 4.78 is 0. The van der Waals surface area contributed by atoms with Crippen LogP contribution in [0, 0.1) is 6.92 Å². The van der Waals surface area contributed by atoms with Crippen molar-refractivity contribution < 1.29 is 4.79 Å². The fourth-order valence-electron chi connectivity index (χ4n) is 2.41. The molecule has 7 nitrogen and oxygen atoms in total. The maximum absolute atomic E-state index is 11.1. The SMILES string of the molecule is CC(=O)Nc1ccc(Nc2cc(NCc3cccnc3)nc(C)n2)cc1. The molecule has 0 aliphatic carbocycles. The lowest BCUT2D eigenvalue weighted by Crippen LogP contribution is -2.06. The van der Waals surface area contributed by atoms with Crippen molar-refractivity contribution in [2.75, 3.05) is 16.0 Å². The van der Waals surface area contributed by atoms with Crippen LogP contribution in [0.4, 0.5) is 23.0 Å². The quantitative estimate of drug-likeness (QED) is 0.631. The summed E-state index contributed by atoms with van der Waals surface area (Å²) >= 11 is 0. The standard InChI is InChI=1S/C19H20N6O/c1-13-22-18(21-12-15-4-3-9-20-11-15)10-19(23-13)25-17-7-5-16(6-8-17)24-14(2)26/h3-11H,12H2,1-2H3,(H,24,26)(H2,21,22,23,25). The molecule has 0 atom stereocenters. The van der Waals surface area contributed by atoms with Gasteiger partial charge in [-0.05, 0) is 42.8 Å². The van der Waals surface area contributed by atoms with Gasteiger partial charge in [-0.3, -0.25) is 9.78 Å². The van der Waals surface area contributed by atoms with Crippen molar-refractivity contribution in [1.82, 2.24) is 15.0 Å². The summed E-state index contributed by atoms with van der Waals surface area (Å²) in [6.07, 6.45) is 3.56. The van der Waals surface area contributed by atoms with Gasteiger partial charge in [0.25, 0.3) is 0 Å². The van der Waals surface area contributed by atoms with Crippen molar-refractivity contribution in [2.45, 2.75) is 20.4 Å². The minimum absolute atomic E-state index is 0.0959. The average molecular weight is 348 g/mol. The first-order chi connectivity index (χ1) is 12.6. The second-order valence-corrected chi connectivity index (χ2v) is 5.78. The third-order valence-electron chi connectivity index (χ3n) is 3.51. The maximum atomic E-state index is 11.1. The summed E-state index contributed by atoms with van der Waals surface area (Å²) in [6, 6.07) is 13.2. The van der Waals surface area contributed by atoms with E-state index in [-0.39, 0.29) is 5.91 Å². The van der Waals surface area contributed by atoms with Crippen molar-refractivity contribution >= 4 is 28.9 Å². The number of carbonyl (C=O) groups is 1. The van der Waals surface area contributed by atoms with Gasteiger partial charge in [-0.25, -0.2) is 9.97 Å². The number of carbonyl (C=O) groups excluding carboxylic acids is 1. The number of amides is 1. The Morgan fingerprint density at radius 1 is 1.04 bits per heavy atom. The van der Waals surface area contributed by atoms with Gasteiger partial charge < -0.3 is 16.0 Å². The van der Waals surface area contributed by atoms with E-state index < -0.39 is 0 Å². The minimum Gasteiger partial charge on any atom is -0.366 e. The molecule has 0 saturated carbocycles. The van der Waals surface area contributed by atoms with Gasteiger partial charge >= 0.3 is 0 Å². The van der Waals surface area contributed by atoms with Crippen molar-refractivity contribution in [3.63, 3.8) is 0 Å². The lowest BCUT2D eigenvalue weighted by atomic mass is 10.2. The van der Waals surface area contributed by atoms with Crippen LogP contribution < -0.4 is 16.0 Å². The van der Waals surface area contributed by atoms with Crippen molar-refractivity contribution in [2.24, 2.45) is 0 Å². The second-order valence-electron chi connectivity index (χ2n) is 5.78. The Hall–Kier alpha value is -3.48. The first-order valence-corrected chi connectivity index (χ1v) is 8.21. The Bertz CT molecular complexity index is 880. The number of nitrogens with one attached hydrogen (secondary N) is 3. The van der Waals surface area contributed by atoms with Crippen LogP contribution in [0.2, 0.25) is 0 Å². The molecule has 0 saturated heterocycles. The topological polar surface area (TPSA) is 91.8 Å². The normalized spacial score (nSPS) is 10.2. The van der Waals surface area contributed by atoms with Gasteiger partial charge in [0.2, 0.25) is 5.91 Å². The van der Waals surface area contributed by atoms with Crippen LogP contribution in [-0.4, -0.2) is 20.9 Å². The molecule has 26 heavy (non-hydrogen) atoms. The fourth-order valence-corrected chi connectivity index (χ4v) is 2.41. The number of aromatic nitrogens is 3. The van der Waals surface area contributed by atoms with E-state index >= 15 is 0 Å². The van der Waals surface area contributed by atoms with Gasteiger partial charge in [0.1, 0.15) is 17.5 Å². The Morgan fingerprint density at radius 3 is 2.46 bits per heavy atom. The number of pyridine rings is 1. The van der Waals surface area contributed by atoms with E-state index in [4.69, 9.17) is 0 Å². The Balaban J connectivity index is 1.68. The smallest absolute Gasteiger partial charge is 0.221 e. The van der Waals surface area contributed by atoms with Crippen LogP contribution >= 0.6 is 0 Å². The lowest BCUT2D eigenvalue weighted by molar-refractivity contribution is -0.114. The predicted molar refractivity (Wildman–Crippen MR) is 102 cm³/mol. The van der Waals surface area contributed by atoms with E-state index in [2.05, 4.69) is 30.9 Å². The van der Waals surface area contributed by atoms with Crippen LogP contribution in [0.5, 0.6) is 0 Å². The van der Waals surface area contributed by atoms with Gasteiger partial charge in [0, 0.05) is 43.3 Å². The predicted octanol–water partition coefficient (Wildman–Crippen LogP) is 3.49. The summed E-state index contributed by atoms with van der Waals surface area (Å²) in [7, 11) is 0. The molecule has 0 radical (unpaired) electrons. The number of nitrogens with zero attached hydrogens (tertiary/aromatic N) is 3. The minimum atomic E-state index is -0.0959. The van der Waals surface area contributed by atoms with Crippen LogP contribution in [-0.2, 0) is 11.3 Å². The molecule has 1 amide bonds. The summed E-state index contributed by atoms with van der Waals surface area (Å²) in [5, 5.41) is 9.27. The molecule has 0 bridgehead atoms. The van der Waals surface area contributed by atoms with Crippen LogP contribution in [0.15, 0.2) is 54.9 Å². The number of anilines is 4. The average Bonchev–Trinajstić information content (AvgIpc) is 2.62. The molecule has 0 fully saturated rings.